The van der Waals surface area contributed by atoms with Crippen molar-refractivity contribution in [3.63, 3.8) is 0 Å². The molecule has 1 aromatic rings. The van der Waals surface area contributed by atoms with Crippen LogP contribution in [0.25, 0.3) is 0 Å². The Hall–Kier alpha value is -2.91. The highest BCUT2D eigenvalue weighted by Gasteiger charge is 2.43. The summed E-state index contributed by atoms with van der Waals surface area (Å²) >= 11 is 0. The molecule has 2 amide bonds. The van der Waals surface area contributed by atoms with Crippen molar-refractivity contribution in [3.05, 3.63) is 24.3 Å². The maximum Gasteiger partial charge on any atom is 0.251 e. The molecule has 9 heteroatoms. The summed E-state index contributed by atoms with van der Waals surface area (Å²) in [4.78, 5) is 60.5. The van der Waals surface area contributed by atoms with Crippen LogP contribution in [0.2, 0.25) is 0 Å². The quantitative estimate of drug-likeness (QED) is 0.286. The number of ether oxygens (including phenoxy) is 1. The molecule has 0 aromatic heterocycles. The lowest BCUT2D eigenvalue weighted by atomic mass is 9.72. The van der Waals surface area contributed by atoms with Crippen LogP contribution in [0.1, 0.15) is 46.5 Å². The molecule has 9 nitrogen and oxygen atoms in total. The van der Waals surface area contributed by atoms with Gasteiger partial charge >= 0.3 is 0 Å². The van der Waals surface area contributed by atoms with Gasteiger partial charge in [-0.2, -0.15) is 0 Å². The molecule has 2 saturated heterocycles. The fourth-order valence-corrected chi connectivity index (χ4v) is 5.33. The van der Waals surface area contributed by atoms with Gasteiger partial charge in [0.15, 0.2) is 0 Å². The van der Waals surface area contributed by atoms with Gasteiger partial charge in [0, 0.05) is 51.8 Å². The standard InChI is InChI=1S/C28H38N4O5/c1-4-15-37-21-7-5-20(6-8-21)32-26(35)16-23(27(32)36)31-13-11-30(12-14-31)10-9-29-19-22-24(33)17-28(2,3)18-25(22)34/h5-8,19,22-23H,4,9-18H2,1-3H3. The molecule has 1 aliphatic carbocycles. The monoisotopic (exact) mass is 510 g/mol. The molecule has 1 unspecified atom stereocenters. The Morgan fingerprint density at radius 2 is 1.65 bits per heavy atom. The van der Waals surface area contributed by atoms with Crippen molar-refractivity contribution in [2.75, 3.05) is 50.8 Å². The molecule has 2 heterocycles. The van der Waals surface area contributed by atoms with Gasteiger partial charge in [0.1, 0.15) is 23.2 Å². The van der Waals surface area contributed by atoms with Gasteiger partial charge in [0.05, 0.1) is 31.3 Å². The molecule has 2 aliphatic heterocycles. The average Bonchev–Trinajstić information content (AvgIpc) is 3.15. The van der Waals surface area contributed by atoms with Gasteiger partial charge in [-0.15, -0.1) is 0 Å². The van der Waals surface area contributed by atoms with E-state index in [-0.39, 0.29) is 35.2 Å². The Morgan fingerprint density at radius 1 is 1.00 bits per heavy atom. The Balaban J connectivity index is 1.23. The number of nitrogens with zero attached hydrogens (tertiary/aromatic N) is 4. The molecule has 0 bridgehead atoms. The number of carbonyl (C=O) groups excluding carboxylic acids is 4. The topological polar surface area (TPSA) is 99.6 Å². The van der Waals surface area contributed by atoms with Gasteiger partial charge in [-0.25, -0.2) is 4.90 Å². The number of imide groups is 1. The zero-order valence-corrected chi connectivity index (χ0v) is 22.1. The van der Waals surface area contributed by atoms with E-state index in [1.807, 2.05) is 20.8 Å². The van der Waals surface area contributed by atoms with Crippen LogP contribution in [0.4, 0.5) is 5.69 Å². The van der Waals surface area contributed by atoms with E-state index in [1.165, 1.54) is 11.1 Å². The minimum absolute atomic E-state index is 0.0378. The minimum Gasteiger partial charge on any atom is -0.494 e. The molecule has 1 aromatic carbocycles. The van der Waals surface area contributed by atoms with Crippen LogP contribution in [-0.4, -0.2) is 91.3 Å². The van der Waals surface area contributed by atoms with Crippen LogP contribution < -0.4 is 9.64 Å². The van der Waals surface area contributed by atoms with E-state index in [2.05, 4.69) is 14.8 Å². The fourth-order valence-electron chi connectivity index (χ4n) is 5.33. The second-order valence-corrected chi connectivity index (χ2v) is 11.0. The summed E-state index contributed by atoms with van der Waals surface area (Å²) in [5.41, 5.74) is 0.324. The highest BCUT2D eigenvalue weighted by atomic mass is 16.5. The number of anilines is 1. The second kappa shape index (κ2) is 11.6. The lowest BCUT2D eigenvalue weighted by Crippen LogP contribution is -2.52. The van der Waals surface area contributed by atoms with Gasteiger partial charge in [0.2, 0.25) is 5.91 Å². The summed E-state index contributed by atoms with van der Waals surface area (Å²) < 4.78 is 5.60. The van der Waals surface area contributed by atoms with E-state index in [9.17, 15) is 19.2 Å². The third-order valence-corrected chi connectivity index (χ3v) is 7.34. The number of aliphatic imine (C=N–C) groups is 1. The Kier molecular flexibility index (Phi) is 8.54. The molecule has 0 spiro atoms. The van der Waals surface area contributed by atoms with Crippen molar-refractivity contribution in [2.45, 2.75) is 52.5 Å². The molecule has 1 atom stereocenters. The van der Waals surface area contributed by atoms with Crippen molar-refractivity contribution in [1.82, 2.24) is 9.80 Å². The molecular formula is C28H38N4O5. The van der Waals surface area contributed by atoms with Crippen LogP contribution in [-0.2, 0) is 19.2 Å². The van der Waals surface area contributed by atoms with Crippen LogP contribution in [0, 0.1) is 11.3 Å². The fraction of sp³-hybridized carbons (Fsp3) is 0.607. The molecule has 1 saturated carbocycles. The third-order valence-electron chi connectivity index (χ3n) is 7.34. The van der Waals surface area contributed by atoms with E-state index < -0.39 is 12.0 Å². The minimum atomic E-state index is -0.696. The average molecular weight is 511 g/mol. The Labute approximate surface area is 218 Å². The molecule has 0 N–H and O–H groups in total. The van der Waals surface area contributed by atoms with E-state index in [1.54, 1.807) is 24.3 Å². The van der Waals surface area contributed by atoms with Gasteiger partial charge in [0.25, 0.3) is 5.91 Å². The van der Waals surface area contributed by atoms with E-state index in [0.717, 1.165) is 31.8 Å². The van der Waals surface area contributed by atoms with Gasteiger partial charge in [-0.1, -0.05) is 20.8 Å². The second-order valence-electron chi connectivity index (χ2n) is 11.0. The largest absolute Gasteiger partial charge is 0.494 e. The van der Waals surface area contributed by atoms with E-state index >= 15 is 0 Å². The summed E-state index contributed by atoms with van der Waals surface area (Å²) in [7, 11) is 0. The predicted molar refractivity (Wildman–Crippen MR) is 141 cm³/mol. The first kappa shape index (κ1) is 27.1. The van der Waals surface area contributed by atoms with Crippen molar-refractivity contribution in [1.29, 1.82) is 0 Å². The number of carbonyl (C=O) groups is 4. The van der Waals surface area contributed by atoms with Gasteiger partial charge in [-0.05, 0) is 36.1 Å². The summed E-state index contributed by atoms with van der Waals surface area (Å²) in [6.07, 6.45) is 3.47. The Bertz CT molecular complexity index is 1020. The number of ketones is 2. The van der Waals surface area contributed by atoms with Crippen LogP contribution in [0.3, 0.4) is 0 Å². The van der Waals surface area contributed by atoms with Crippen molar-refractivity contribution in [3.8, 4) is 5.75 Å². The highest BCUT2D eigenvalue weighted by Crippen LogP contribution is 2.33. The van der Waals surface area contributed by atoms with E-state index in [4.69, 9.17) is 4.74 Å². The molecule has 200 valence electrons. The lowest BCUT2D eigenvalue weighted by molar-refractivity contribution is -0.136. The van der Waals surface area contributed by atoms with Crippen LogP contribution >= 0.6 is 0 Å². The van der Waals surface area contributed by atoms with Crippen LogP contribution in [0.15, 0.2) is 29.3 Å². The first-order valence-corrected chi connectivity index (χ1v) is 13.3. The molecular weight excluding hydrogens is 472 g/mol. The molecule has 37 heavy (non-hydrogen) atoms. The lowest BCUT2D eigenvalue weighted by Gasteiger charge is -2.36. The molecule has 3 fully saturated rings. The number of rotatable bonds is 9. The summed E-state index contributed by atoms with van der Waals surface area (Å²) in [6, 6.07) is 6.67. The number of hydrogen-bond acceptors (Lipinski definition) is 8. The molecule has 0 radical (unpaired) electrons. The number of hydrogen-bond donors (Lipinski definition) is 0. The zero-order chi connectivity index (χ0) is 26.6. The third kappa shape index (κ3) is 6.51. The van der Waals surface area contributed by atoms with Crippen molar-refractivity contribution >= 4 is 35.3 Å². The van der Waals surface area contributed by atoms with Gasteiger partial charge < -0.3 is 4.74 Å². The predicted octanol–water partition coefficient (Wildman–Crippen LogP) is 2.37. The van der Waals surface area contributed by atoms with E-state index in [0.29, 0.717) is 44.8 Å². The smallest absolute Gasteiger partial charge is 0.251 e. The maximum atomic E-state index is 13.2. The number of amides is 2. The summed E-state index contributed by atoms with van der Waals surface area (Å²) in [6.45, 7) is 10.7. The summed E-state index contributed by atoms with van der Waals surface area (Å²) in [5, 5.41) is 0. The first-order valence-electron chi connectivity index (χ1n) is 13.3. The Morgan fingerprint density at radius 3 is 2.27 bits per heavy atom. The molecule has 3 aliphatic rings. The van der Waals surface area contributed by atoms with Crippen LogP contribution in [0.5, 0.6) is 5.75 Å². The number of piperazine rings is 1. The zero-order valence-electron chi connectivity index (χ0n) is 22.1. The SMILES string of the molecule is CCCOc1ccc(N2C(=O)CC(N3CCN(CCN=CC4C(=O)CC(C)(C)CC4=O)CC3)C2=O)cc1. The van der Waals surface area contributed by atoms with Crippen molar-refractivity contribution < 1.29 is 23.9 Å². The number of benzene rings is 1. The maximum absolute atomic E-state index is 13.2. The van der Waals surface area contributed by atoms with Crippen molar-refractivity contribution in [2.24, 2.45) is 16.3 Å². The molecule has 4 rings (SSSR count). The highest BCUT2D eigenvalue weighted by molar-refractivity contribution is 6.22. The first-order chi connectivity index (χ1) is 17.7. The summed E-state index contributed by atoms with van der Waals surface area (Å²) in [5.74, 6) is -0.394. The number of Topliss-reactive ketones (excluding diaryl/α,β-unsaturated/α-hetero) is 2. The van der Waals surface area contributed by atoms with Gasteiger partial charge in [-0.3, -0.25) is 34.0 Å². The normalized spacial score (nSPS) is 24.0.